The van der Waals surface area contributed by atoms with E-state index in [0.29, 0.717) is 37.2 Å². The third kappa shape index (κ3) is 4.62. The molecular weight excluding hydrogens is 334 g/mol. The fourth-order valence-corrected chi connectivity index (χ4v) is 3.04. The highest BCUT2D eigenvalue weighted by Crippen LogP contribution is 2.09. The van der Waals surface area contributed by atoms with Crippen molar-refractivity contribution in [2.24, 2.45) is 0 Å². The number of H-pyrrole nitrogens is 1. The normalized spacial score (nSPS) is 11.2. The van der Waals surface area contributed by atoms with Crippen LogP contribution in [-0.2, 0) is 24.3 Å². The van der Waals surface area contributed by atoms with Gasteiger partial charge in [-0.05, 0) is 25.7 Å². The van der Waals surface area contributed by atoms with Gasteiger partial charge in [-0.1, -0.05) is 20.3 Å². The maximum absolute atomic E-state index is 12.6. The van der Waals surface area contributed by atoms with Crippen molar-refractivity contribution in [2.75, 3.05) is 6.54 Å². The maximum Gasteiger partial charge on any atom is 0.332 e. The molecule has 0 bridgehead atoms. The summed E-state index contributed by atoms with van der Waals surface area (Å²) in [4.78, 5) is 43.7. The predicted octanol–water partition coefficient (Wildman–Crippen LogP) is 1.56. The number of hydrogen-bond acceptors (Lipinski definition) is 4. The topological polar surface area (TPSA) is 102 Å². The SMILES string of the molecule is CCCn1c(=O)c2[nH]c(CCCCCNC(C)=O)nc2n(CCC)c1=O. The molecule has 0 atom stereocenters. The highest BCUT2D eigenvalue weighted by Gasteiger charge is 2.16. The van der Waals surface area contributed by atoms with E-state index >= 15 is 0 Å². The highest BCUT2D eigenvalue weighted by atomic mass is 16.2. The average Bonchev–Trinajstić information content (AvgIpc) is 3.02. The number of aromatic nitrogens is 4. The number of rotatable bonds is 10. The Kier molecular flexibility index (Phi) is 7.17. The molecular formula is C18H29N5O3. The Morgan fingerprint density at radius 1 is 1.08 bits per heavy atom. The minimum atomic E-state index is -0.288. The molecule has 2 rings (SSSR count). The van der Waals surface area contributed by atoms with Crippen molar-refractivity contribution in [3.05, 3.63) is 26.7 Å². The van der Waals surface area contributed by atoms with Crippen LogP contribution in [0.25, 0.3) is 11.2 Å². The lowest BCUT2D eigenvalue weighted by atomic mass is 10.2. The van der Waals surface area contributed by atoms with Crippen LogP contribution in [0.15, 0.2) is 9.59 Å². The summed E-state index contributed by atoms with van der Waals surface area (Å²) in [5.41, 5.74) is 0.311. The van der Waals surface area contributed by atoms with E-state index in [2.05, 4.69) is 15.3 Å². The smallest absolute Gasteiger partial charge is 0.332 e. The van der Waals surface area contributed by atoms with E-state index in [9.17, 15) is 14.4 Å². The fourth-order valence-electron chi connectivity index (χ4n) is 3.04. The van der Waals surface area contributed by atoms with E-state index < -0.39 is 0 Å². The maximum atomic E-state index is 12.6. The predicted molar refractivity (Wildman–Crippen MR) is 101 cm³/mol. The molecule has 0 fully saturated rings. The van der Waals surface area contributed by atoms with Gasteiger partial charge in [-0.25, -0.2) is 9.78 Å². The van der Waals surface area contributed by atoms with Crippen LogP contribution in [-0.4, -0.2) is 31.6 Å². The van der Waals surface area contributed by atoms with Gasteiger partial charge in [-0.2, -0.15) is 0 Å². The number of imidazole rings is 1. The summed E-state index contributed by atoms with van der Waals surface area (Å²) in [6.07, 6.45) is 5.00. The van der Waals surface area contributed by atoms with Gasteiger partial charge >= 0.3 is 5.69 Å². The summed E-state index contributed by atoms with van der Waals surface area (Å²) in [6.45, 7) is 7.08. The van der Waals surface area contributed by atoms with Crippen LogP contribution < -0.4 is 16.6 Å². The summed E-state index contributed by atoms with van der Waals surface area (Å²) in [5, 5.41) is 2.77. The Hall–Kier alpha value is -2.38. The molecule has 2 heterocycles. The van der Waals surface area contributed by atoms with Gasteiger partial charge in [0.2, 0.25) is 5.91 Å². The van der Waals surface area contributed by atoms with Crippen LogP contribution in [0.1, 0.15) is 58.7 Å². The number of aromatic amines is 1. The van der Waals surface area contributed by atoms with Crippen LogP contribution >= 0.6 is 0 Å². The lowest BCUT2D eigenvalue weighted by molar-refractivity contribution is -0.118. The molecule has 0 aliphatic rings. The summed E-state index contributed by atoms with van der Waals surface area (Å²) in [6, 6.07) is 0. The molecule has 8 heteroatoms. The van der Waals surface area contributed by atoms with Crippen molar-refractivity contribution < 1.29 is 4.79 Å². The number of hydrogen-bond donors (Lipinski definition) is 2. The Morgan fingerprint density at radius 3 is 2.42 bits per heavy atom. The second-order valence-electron chi connectivity index (χ2n) is 6.57. The van der Waals surface area contributed by atoms with Gasteiger partial charge in [0.1, 0.15) is 11.3 Å². The van der Waals surface area contributed by atoms with Crippen molar-refractivity contribution in [1.29, 1.82) is 0 Å². The highest BCUT2D eigenvalue weighted by molar-refractivity contribution is 5.72. The lowest BCUT2D eigenvalue weighted by Crippen LogP contribution is -2.40. The van der Waals surface area contributed by atoms with E-state index in [4.69, 9.17) is 0 Å². The van der Waals surface area contributed by atoms with Crippen molar-refractivity contribution in [3.8, 4) is 0 Å². The zero-order valence-electron chi connectivity index (χ0n) is 15.9. The first-order valence-corrected chi connectivity index (χ1v) is 9.46. The van der Waals surface area contributed by atoms with Gasteiger partial charge in [0, 0.05) is 33.0 Å². The van der Waals surface area contributed by atoms with Crippen molar-refractivity contribution in [1.82, 2.24) is 24.4 Å². The van der Waals surface area contributed by atoms with Gasteiger partial charge in [0.25, 0.3) is 5.56 Å². The van der Waals surface area contributed by atoms with E-state index in [-0.39, 0.29) is 17.2 Å². The Labute approximate surface area is 152 Å². The van der Waals surface area contributed by atoms with Gasteiger partial charge in [-0.15, -0.1) is 0 Å². The molecule has 0 aliphatic carbocycles. The van der Waals surface area contributed by atoms with Gasteiger partial charge in [0.15, 0.2) is 5.65 Å². The molecule has 8 nitrogen and oxygen atoms in total. The number of carbonyl (C=O) groups excluding carboxylic acids is 1. The van der Waals surface area contributed by atoms with Crippen molar-refractivity contribution in [3.63, 3.8) is 0 Å². The third-order valence-corrected chi connectivity index (χ3v) is 4.27. The van der Waals surface area contributed by atoms with Crippen LogP contribution in [0.3, 0.4) is 0 Å². The number of nitrogens with zero attached hydrogens (tertiary/aromatic N) is 3. The molecule has 1 amide bonds. The number of carbonyl (C=O) groups is 1. The molecule has 0 saturated heterocycles. The van der Waals surface area contributed by atoms with Crippen molar-refractivity contribution in [2.45, 2.75) is 72.4 Å². The minimum Gasteiger partial charge on any atom is -0.356 e. The van der Waals surface area contributed by atoms with Crippen LogP contribution in [0.4, 0.5) is 0 Å². The number of fused-ring (bicyclic) bond motifs is 1. The molecule has 2 N–H and O–H groups in total. The second-order valence-corrected chi connectivity index (χ2v) is 6.57. The molecule has 0 spiro atoms. The summed E-state index contributed by atoms with van der Waals surface area (Å²) in [7, 11) is 0. The van der Waals surface area contributed by atoms with Gasteiger partial charge < -0.3 is 10.3 Å². The molecule has 144 valence electrons. The van der Waals surface area contributed by atoms with Gasteiger partial charge in [-0.3, -0.25) is 18.7 Å². The van der Waals surface area contributed by atoms with Crippen LogP contribution in [0, 0.1) is 0 Å². The zero-order valence-corrected chi connectivity index (χ0v) is 15.9. The summed E-state index contributed by atoms with van der Waals surface area (Å²) < 4.78 is 2.90. The number of unbranched alkanes of at least 4 members (excludes halogenated alkanes) is 2. The number of aryl methyl sites for hydroxylation is 2. The molecule has 0 unspecified atom stereocenters. The quantitative estimate of drug-likeness (QED) is 0.625. The van der Waals surface area contributed by atoms with E-state index in [1.54, 1.807) is 4.57 Å². The number of nitrogens with one attached hydrogen (secondary N) is 2. The van der Waals surface area contributed by atoms with E-state index in [1.165, 1.54) is 11.5 Å². The Morgan fingerprint density at radius 2 is 1.77 bits per heavy atom. The monoisotopic (exact) mass is 363 g/mol. The van der Waals surface area contributed by atoms with Crippen LogP contribution in [0.5, 0.6) is 0 Å². The van der Waals surface area contributed by atoms with Crippen molar-refractivity contribution >= 4 is 17.1 Å². The second kappa shape index (κ2) is 9.35. The molecule has 26 heavy (non-hydrogen) atoms. The van der Waals surface area contributed by atoms with E-state index in [0.717, 1.165) is 37.9 Å². The number of amides is 1. The third-order valence-electron chi connectivity index (χ3n) is 4.27. The molecule has 2 aromatic heterocycles. The summed E-state index contributed by atoms with van der Waals surface area (Å²) in [5.74, 6) is 0.717. The molecule has 0 saturated carbocycles. The van der Waals surface area contributed by atoms with E-state index in [1.807, 2.05) is 13.8 Å². The largest absolute Gasteiger partial charge is 0.356 e. The molecule has 2 aromatic rings. The standard InChI is InChI=1S/C18H29N5O3/c1-4-11-22-16-15(17(25)23(12-5-2)18(22)26)20-14(21-16)9-7-6-8-10-19-13(3)24/h4-12H2,1-3H3,(H,19,24)(H,20,21). The first-order valence-electron chi connectivity index (χ1n) is 9.46. The minimum absolute atomic E-state index is 0.0143. The lowest BCUT2D eigenvalue weighted by Gasteiger charge is -2.09. The van der Waals surface area contributed by atoms with Crippen LogP contribution in [0.2, 0.25) is 0 Å². The average molecular weight is 363 g/mol. The first kappa shape index (κ1) is 19.9. The Bertz CT molecular complexity index is 862. The Balaban J connectivity index is 2.19. The molecule has 0 aromatic carbocycles. The summed E-state index contributed by atoms with van der Waals surface area (Å²) >= 11 is 0. The van der Waals surface area contributed by atoms with Gasteiger partial charge in [0.05, 0.1) is 0 Å². The fraction of sp³-hybridized carbons (Fsp3) is 0.667. The zero-order chi connectivity index (χ0) is 19.1. The first-order chi connectivity index (χ1) is 12.5. The molecule has 0 aliphatic heterocycles. The molecule has 0 radical (unpaired) electrons.